The van der Waals surface area contributed by atoms with Crippen LogP contribution >= 0.6 is 6.19 Å². The van der Waals surface area contributed by atoms with E-state index in [-0.39, 0.29) is 0 Å². The van der Waals surface area contributed by atoms with Crippen LogP contribution in [0.1, 0.15) is 13.8 Å². The molecule has 0 atom stereocenters. The molecule has 5 heteroatoms. The fourth-order valence-corrected chi connectivity index (χ4v) is 4.08. The third-order valence-corrected chi connectivity index (χ3v) is 4.91. The van der Waals surface area contributed by atoms with Crippen LogP contribution in [0.4, 0.5) is 0 Å². The van der Waals surface area contributed by atoms with Gasteiger partial charge in [0, 0.05) is 0 Å². The van der Waals surface area contributed by atoms with E-state index in [2.05, 4.69) is 15.1 Å². The quantitative estimate of drug-likeness (QED) is 0.596. The molecule has 3 nitrogen and oxygen atoms in total. The van der Waals surface area contributed by atoms with Crippen molar-refractivity contribution in [1.29, 1.82) is 0 Å². The second kappa shape index (κ2) is 6.47. The standard InChI is InChI=1S/C10H15O3PSe/c1-3-11-14(15,12-4-2)13-10-8-6-5-7-9-10/h5-9H,3-4H2,1-2H3. The Bertz CT molecular complexity index is 319. The Hall–Kier alpha value is -0.111. The first-order valence-electron chi connectivity index (χ1n) is 4.84. The van der Waals surface area contributed by atoms with E-state index in [1.54, 1.807) is 0 Å². The van der Waals surface area contributed by atoms with Gasteiger partial charge < -0.3 is 0 Å². The fraction of sp³-hybridized carbons (Fsp3) is 0.400. The van der Waals surface area contributed by atoms with Crippen molar-refractivity contribution in [2.24, 2.45) is 0 Å². The molecular formula is C10H15O3PSe. The average Bonchev–Trinajstić information content (AvgIpc) is 2.19. The van der Waals surface area contributed by atoms with Gasteiger partial charge in [0.1, 0.15) is 0 Å². The Morgan fingerprint density at radius 1 is 1.07 bits per heavy atom. The average molecular weight is 293 g/mol. The molecule has 15 heavy (non-hydrogen) atoms. The van der Waals surface area contributed by atoms with Gasteiger partial charge in [0.2, 0.25) is 0 Å². The molecule has 0 aliphatic heterocycles. The van der Waals surface area contributed by atoms with E-state index in [4.69, 9.17) is 13.6 Å². The summed E-state index contributed by atoms with van der Waals surface area (Å²) in [6, 6.07) is 9.52. The van der Waals surface area contributed by atoms with E-state index in [0.29, 0.717) is 13.2 Å². The van der Waals surface area contributed by atoms with Gasteiger partial charge in [-0.05, 0) is 0 Å². The SMILES string of the molecule is CCOP(=[Se])(OCC)Oc1ccccc1. The molecule has 84 valence electrons. The molecule has 0 bridgehead atoms. The number of hydrogen-bond donors (Lipinski definition) is 0. The van der Waals surface area contributed by atoms with Crippen molar-refractivity contribution in [3.63, 3.8) is 0 Å². The first kappa shape index (κ1) is 13.0. The maximum absolute atomic E-state index is 5.69. The third-order valence-electron chi connectivity index (χ3n) is 1.53. The van der Waals surface area contributed by atoms with Gasteiger partial charge in [-0.3, -0.25) is 0 Å². The molecule has 0 N–H and O–H groups in total. The van der Waals surface area contributed by atoms with Crippen LogP contribution in [-0.4, -0.2) is 28.3 Å². The van der Waals surface area contributed by atoms with Crippen molar-refractivity contribution in [3.05, 3.63) is 30.3 Å². The minimum absolute atomic E-state index is 0.563. The normalized spacial score (nSPS) is 11.3. The Labute approximate surface area is 98.2 Å². The van der Waals surface area contributed by atoms with E-state index < -0.39 is 6.19 Å². The minimum atomic E-state index is -2.32. The van der Waals surface area contributed by atoms with Crippen molar-refractivity contribution in [3.8, 4) is 5.75 Å². The summed E-state index contributed by atoms with van der Waals surface area (Å²) in [5.41, 5.74) is 0. The molecular weight excluding hydrogens is 278 g/mol. The zero-order chi connectivity index (χ0) is 11.1. The van der Waals surface area contributed by atoms with Gasteiger partial charge in [0.15, 0.2) is 0 Å². The summed E-state index contributed by atoms with van der Waals surface area (Å²) < 4.78 is 16.7. The van der Waals surface area contributed by atoms with Crippen LogP contribution in [0.2, 0.25) is 0 Å². The zero-order valence-electron chi connectivity index (χ0n) is 8.88. The summed E-state index contributed by atoms with van der Waals surface area (Å²) in [5, 5.41) is 0. The van der Waals surface area contributed by atoms with E-state index in [9.17, 15) is 0 Å². The zero-order valence-corrected chi connectivity index (χ0v) is 11.5. The van der Waals surface area contributed by atoms with Crippen molar-refractivity contribution < 1.29 is 13.6 Å². The Balaban J connectivity index is 2.71. The van der Waals surface area contributed by atoms with Crippen molar-refractivity contribution in [2.45, 2.75) is 13.8 Å². The predicted octanol–water partition coefficient (Wildman–Crippen LogP) is 2.98. The summed E-state index contributed by atoms with van der Waals surface area (Å²) in [6.45, 7) is 4.96. The molecule has 1 aromatic carbocycles. The van der Waals surface area contributed by atoms with E-state index in [1.807, 2.05) is 44.2 Å². The molecule has 0 spiro atoms. The van der Waals surface area contributed by atoms with Crippen molar-refractivity contribution in [1.82, 2.24) is 0 Å². The Kier molecular flexibility index (Phi) is 5.59. The summed E-state index contributed by atoms with van der Waals surface area (Å²) in [7, 11) is 0. The van der Waals surface area contributed by atoms with Crippen LogP contribution in [0.25, 0.3) is 0 Å². The van der Waals surface area contributed by atoms with E-state index in [1.165, 1.54) is 0 Å². The van der Waals surface area contributed by atoms with E-state index in [0.717, 1.165) is 5.75 Å². The van der Waals surface area contributed by atoms with Crippen molar-refractivity contribution in [2.75, 3.05) is 13.2 Å². The molecule has 0 aliphatic rings. The fourth-order valence-electron chi connectivity index (χ4n) is 1.02. The van der Waals surface area contributed by atoms with Gasteiger partial charge in [-0.15, -0.1) is 0 Å². The van der Waals surface area contributed by atoms with Gasteiger partial charge in [-0.25, -0.2) is 0 Å². The van der Waals surface area contributed by atoms with Crippen molar-refractivity contribution >= 4 is 21.3 Å². The molecule has 0 saturated carbocycles. The summed E-state index contributed by atoms with van der Waals surface area (Å²) in [4.78, 5) is 0. The molecule has 0 fully saturated rings. The van der Waals surface area contributed by atoms with Crippen LogP contribution in [0.3, 0.4) is 0 Å². The number of benzene rings is 1. The van der Waals surface area contributed by atoms with E-state index >= 15 is 0 Å². The monoisotopic (exact) mass is 294 g/mol. The van der Waals surface area contributed by atoms with Crippen LogP contribution < -0.4 is 4.52 Å². The molecule has 0 saturated heterocycles. The first-order valence-corrected chi connectivity index (χ1v) is 8.60. The molecule has 0 radical (unpaired) electrons. The van der Waals surface area contributed by atoms with Gasteiger partial charge in [0.05, 0.1) is 0 Å². The molecule has 0 aliphatic carbocycles. The predicted molar refractivity (Wildman–Crippen MR) is 63.0 cm³/mol. The Morgan fingerprint density at radius 2 is 1.60 bits per heavy atom. The summed E-state index contributed by atoms with van der Waals surface area (Å²) in [6.07, 6.45) is -2.32. The molecule has 0 heterocycles. The molecule has 0 amide bonds. The summed E-state index contributed by atoms with van der Waals surface area (Å²) in [5.74, 6) is 0.756. The van der Waals surface area contributed by atoms with Crippen LogP contribution in [0, 0.1) is 0 Å². The first-order chi connectivity index (χ1) is 7.20. The van der Waals surface area contributed by atoms with Gasteiger partial charge >= 0.3 is 98.0 Å². The number of rotatable bonds is 6. The van der Waals surface area contributed by atoms with Crippen LogP contribution in [0.5, 0.6) is 5.75 Å². The van der Waals surface area contributed by atoms with Gasteiger partial charge in [-0.1, -0.05) is 0 Å². The van der Waals surface area contributed by atoms with Crippen LogP contribution in [0.15, 0.2) is 30.3 Å². The van der Waals surface area contributed by atoms with Gasteiger partial charge in [-0.2, -0.15) is 0 Å². The number of para-hydroxylation sites is 1. The topological polar surface area (TPSA) is 27.7 Å². The molecule has 0 unspecified atom stereocenters. The van der Waals surface area contributed by atoms with Crippen LogP contribution in [-0.2, 0) is 9.05 Å². The second-order valence-corrected chi connectivity index (χ2v) is 7.10. The number of hydrogen-bond acceptors (Lipinski definition) is 3. The molecule has 1 rings (SSSR count). The third kappa shape index (κ3) is 4.50. The molecule has 1 aromatic rings. The van der Waals surface area contributed by atoms with Gasteiger partial charge in [0.25, 0.3) is 0 Å². The molecule has 0 aromatic heterocycles. The summed E-state index contributed by atoms with van der Waals surface area (Å²) >= 11 is 2.89. The maximum atomic E-state index is 5.69. The second-order valence-electron chi connectivity index (χ2n) is 2.69. The Morgan fingerprint density at radius 3 is 2.07 bits per heavy atom.